The third kappa shape index (κ3) is 3.77. The second kappa shape index (κ2) is 6.65. The normalized spacial score (nSPS) is 18.9. The van der Waals surface area contributed by atoms with E-state index in [1.165, 1.54) is 24.6 Å². The molecule has 2 N–H and O–H groups in total. The van der Waals surface area contributed by atoms with Gasteiger partial charge in [-0.1, -0.05) is 31.4 Å². The van der Waals surface area contributed by atoms with E-state index in [4.69, 9.17) is 0 Å². The zero-order valence-electron chi connectivity index (χ0n) is 11.3. The van der Waals surface area contributed by atoms with Crippen LogP contribution >= 0.6 is 0 Å². The van der Waals surface area contributed by atoms with E-state index in [0.717, 1.165) is 31.7 Å². The molecule has 1 fully saturated rings. The fraction of sp³-hybridized carbons (Fsp3) is 0.571. The van der Waals surface area contributed by atoms with Gasteiger partial charge in [-0.2, -0.15) is 0 Å². The topological polar surface area (TPSA) is 66.4 Å². The lowest BCUT2D eigenvalue weighted by molar-refractivity contribution is 0.0888. The summed E-state index contributed by atoms with van der Waals surface area (Å²) in [6.07, 6.45) is 4.44. The van der Waals surface area contributed by atoms with Crippen molar-refractivity contribution in [1.82, 2.24) is 4.72 Å². The molecule has 1 atom stereocenters. The van der Waals surface area contributed by atoms with Crippen LogP contribution in [0.15, 0.2) is 29.2 Å². The number of nitrogens with one attached hydrogen (secondary N) is 1. The Morgan fingerprint density at radius 1 is 1.25 bits per heavy atom. The third-order valence-corrected chi connectivity index (χ3v) is 5.26. The Bertz CT molecular complexity index is 541. The van der Waals surface area contributed by atoms with Crippen LogP contribution in [0.4, 0.5) is 4.39 Å². The van der Waals surface area contributed by atoms with Gasteiger partial charge < -0.3 is 5.11 Å². The lowest BCUT2D eigenvalue weighted by Gasteiger charge is -2.26. The second-order valence-corrected chi connectivity index (χ2v) is 6.98. The monoisotopic (exact) mass is 301 g/mol. The van der Waals surface area contributed by atoms with Crippen LogP contribution in [0.3, 0.4) is 0 Å². The van der Waals surface area contributed by atoms with Gasteiger partial charge in [-0.3, -0.25) is 0 Å². The van der Waals surface area contributed by atoms with Crippen LogP contribution in [-0.2, 0) is 10.0 Å². The maximum atomic E-state index is 13.5. The molecule has 4 nitrogen and oxygen atoms in total. The molecule has 6 heteroatoms. The van der Waals surface area contributed by atoms with Gasteiger partial charge >= 0.3 is 0 Å². The molecule has 112 valence electrons. The van der Waals surface area contributed by atoms with Crippen molar-refractivity contribution in [2.75, 3.05) is 6.54 Å². The SMILES string of the molecule is O=S(=O)(NCC(O)C1CCCCC1)c1ccccc1F. The fourth-order valence-corrected chi connectivity index (χ4v) is 3.75. The molecule has 0 aliphatic heterocycles. The average Bonchev–Trinajstić information content (AvgIpc) is 2.46. The van der Waals surface area contributed by atoms with E-state index in [1.54, 1.807) is 0 Å². The zero-order chi connectivity index (χ0) is 14.6. The van der Waals surface area contributed by atoms with E-state index < -0.39 is 21.9 Å². The predicted octanol–water partition coefficient (Wildman–Crippen LogP) is 2.05. The summed E-state index contributed by atoms with van der Waals surface area (Å²) < 4.78 is 39.7. The molecule has 1 aliphatic rings. The minimum atomic E-state index is -3.91. The summed E-state index contributed by atoms with van der Waals surface area (Å²) in [5.74, 6) is -0.653. The molecular weight excluding hydrogens is 281 g/mol. The van der Waals surface area contributed by atoms with E-state index in [0.29, 0.717) is 0 Å². The molecule has 1 aliphatic carbocycles. The van der Waals surface area contributed by atoms with Crippen molar-refractivity contribution >= 4 is 10.0 Å². The summed E-state index contributed by atoms with van der Waals surface area (Å²) in [5, 5.41) is 10.0. The first-order chi connectivity index (χ1) is 9.50. The molecule has 1 saturated carbocycles. The lowest BCUT2D eigenvalue weighted by atomic mass is 9.85. The van der Waals surface area contributed by atoms with Crippen LogP contribution in [0.25, 0.3) is 0 Å². The van der Waals surface area contributed by atoms with E-state index in [9.17, 15) is 17.9 Å². The molecule has 0 spiro atoms. The number of benzene rings is 1. The van der Waals surface area contributed by atoms with Crippen molar-refractivity contribution in [3.63, 3.8) is 0 Å². The van der Waals surface area contributed by atoms with E-state index in [2.05, 4.69) is 4.72 Å². The van der Waals surface area contributed by atoms with E-state index >= 15 is 0 Å². The van der Waals surface area contributed by atoms with Gasteiger partial charge in [-0.15, -0.1) is 0 Å². The number of halogens is 1. The van der Waals surface area contributed by atoms with Crippen LogP contribution in [0.2, 0.25) is 0 Å². The summed E-state index contributed by atoms with van der Waals surface area (Å²) in [7, 11) is -3.91. The van der Waals surface area contributed by atoms with Crippen LogP contribution in [0.5, 0.6) is 0 Å². The summed E-state index contributed by atoms with van der Waals surface area (Å²) in [4.78, 5) is -0.379. The van der Waals surface area contributed by atoms with Gasteiger partial charge in [0.25, 0.3) is 0 Å². The molecule has 1 aromatic carbocycles. The van der Waals surface area contributed by atoms with Crippen LogP contribution in [0, 0.1) is 11.7 Å². The Kier molecular flexibility index (Phi) is 5.12. The standard InChI is InChI=1S/C14H20FNO3S/c15-12-8-4-5-9-14(12)20(18,19)16-10-13(17)11-6-2-1-3-7-11/h4-5,8-9,11,13,16-17H,1-3,6-7,10H2. The molecule has 0 amide bonds. The van der Waals surface area contributed by atoms with Crippen molar-refractivity contribution in [2.24, 2.45) is 5.92 Å². The van der Waals surface area contributed by atoms with Gasteiger partial charge in [0, 0.05) is 6.54 Å². The summed E-state index contributed by atoms with van der Waals surface area (Å²) in [5.41, 5.74) is 0. The highest BCUT2D eigenvalue weighted by Gasteiger charge is 2.24. The minimum absolute atomic E-state index is 0.0681. The van der Waals surface area contributed by atoms with Gasteiger partial charge in [-0.05, 0) is 30.9 Å². The van der Waals surface area contributed by atoms with Gasteiger partial charge in [0.15, 0.2) is 0 Å². The smallest absolute Gasteiger partial charge is 0.243 e. The Morgan fingerprint density at radius 2 is 1.90 bits per heavy atom. The summed E-state index contributed by atoms with van der Waals surface area (Å²) in [6.45, 7) is -0.0681. The fourth-order valence-electron chi connectivity index (χ4n) is 2.62. The first kappa shape index (κ1) is 15.4. The Hall–Kier alpha value is -0.980. The van der Waals surface area contributed by atoms with E-state index in [-0.39, 0.29) is 17.4 Å². The number of hydrogen-bond donors (Lipinski definition) is 2. The lowest BCUT2D eigenvalue weighted by Crippen LogP contribution is -2.37. The van der Waals surface area contributed by atoms with Crippen molar-refractivity contribution in [3.8, 4) is 0 Å². The summed E-state index contributed by atoms with van der Waals surface area (Å²) in [6, 6.07) is 5.22. The Morgan fingerprint density at radius 3 is 2.55 bits per heavy atom. The third-order valence-electron chi connectivity index (χ3n) is 3.80. The maximum Gasteiger partial charge on any atom is 0.243 e. The number of aliphatic hydroxyl groups excluding tert-OH is 1. The number of hydrogen-bond acceptors (Lipinski definition) is 3. The number of aliphatic hydroxyl groups is 1. The molecule has 0 aromatic heterocycles. The molecular formula is C14H20FNO3S. The van der Waals surface area contributed by atoms with E-state index in [1.807, 2.05) is 0 Å². The molecule has 1 aromatic rings. The second-order valence-electron chi connectivity index (χ2n) is 5.25. The molecule has 1 unspecified atom stereocenters. The summed E-state index contributed by atoms with van der Waals surface area (Å²) >= 11 is 0. The van der Waals surface area contributed by atoms with Crippen molar-refractivity contribution in [3.05, 3.63) is 30.1 Å². The highest BCUT2D eigenvalue weighted by atomic mass is 32.2. The minimum Gasteiger partial charge on any atom is -0.391 e. The quantitative estimate of drug-likeness (QED) is 0.874. The van der Waals surface area contributed by atoms with Crippen LogP contribution < -0.4 is 4.72 Å². The predicted molar refractivity (Wildman–Crippen MR) is 74.2 cm³/mol. The first-order valence-electron chi connectivity index (χ1n) is 6.93. The van der Waals surface area contributed by atoms with Crippen molar-refractivity contribution in [1.29, 1.82) is 0 Å². The van der Waals surface area contributed by atoms with Gasteiger partial charge in [0.2, 0.25) is 10.0 Å². The number of rotatable bonds is 5. The maximum absolute atomic E-state index is 13.5. The molecule has 0 heterocycles. The average molecular weight is 301 g/mol. The largest absolute Gasteiger partial charge is 0.391 e. The molecule has 0 bridgehead atoms. The van der Waals surface area contributed by atoms with Gasteiger partial charge in [-0.25, -0.2) is 17.5 Å². The number of sulfonamides is 1. The van der Waals surface area contributed by atoms with Crippen molar-refractivity contribution in [2.45, 2.75) is 43.1 Å². The highest BCUT2D eigenvalue weighted by molar-refractivity contribution is 7.89. The Labute approximate surface area is 119 Å². The molecule has 0 radical (unpaired) electrons. The first-order valence-corrected chi connectivity index (χ1v) is 8.41. The molecule has 0 saturated heterocycles. The Balaban J connectivity index is 1.97. The van der Waals surface area contributed by atoms with Crippen LogP contribution in [-0.4, -0.2) is 26.2 Å². The molecule has 2 rings (SSSR count). The zero-order valence-corrected chi connectivity index (χ0v) is 12.1. The van der Waals surface area contributed by atoms with Crippen LogP contribution in [0.1, 0.15) is 32.1 Å². The van der Waals surface area contributed by atoms with Crippen molar-refractivity contribution < 1.29 is 17.9 Å². The van der Waals surface area contributed by atoms with Gasteiger partial charge in [0.05, 0.1) is 6.10 Å². The highest BCUT2D eigenvalue weighted by Crippen LogP contribution is 2.26. The van der Waals surface area contributed by atoms with Gasteiger partial charge in [0.1, 0.15) is 10.7 Å². The molecule has 20 heavy (non-hydrogen) atoms.